The summed E-state index contributed by atoms with van der Waals surface area (Å²) >= 11 is 0. The Bertz CT molecular complexity index is 834. The second kappa shape index (κ2) is 18.0. The standard InChI is InChI=1S/C32H50NO3/c1-4-5-6-7-8-9-13-21-30-22-14-15-23-31(30)35-26-16-17-27-36-32(34)24-18-25-33(2,3)28-29-19-11-10-12-20-29/h10-12,14-15,19-20,22-23H,4-9,13,16-18,21,24-28H2,1-3H3/q+1. The first-order chi connectivity index (χ1) is 17.5. The first kappa shape index (κ1) is 29.9. The van der Waals surface area contributed by atoms with Gasteiger partial charge in [0.25, 0.3) is 0 Å². The Morgan fingerprint density at radius 1 is 0.750 bits per heavy atom. The van der Waals surface area contributed by atoms with Crippen LogP contribution in [0.4, 0.5) is 0 Å². The van der Waals surface area contributed by atoms with Gasteiger partial charge in [0.1, 0.15) is 12.3 Å². The number of rotatable bonds is 20. The third-order valence-electron chi connectivity index (χ3n) is 6.68. The zero-order valence-electron chi connectivity index (χ0n) is 23.2. The minimum atomic E-state index is -0.0873. The number of benzene rings is 2. The molecule has 0 aromatic heterocycles. The summed E-state index contributed by atoms with van der Waals surface area (Å²) in [6.07, 6.45) is 13.4. The van der Waals surface area contributed by atoms with Gasteiger partial charge in [-0.1, -0.05) is 94.0 Å². The molecule has 0 unspecified atom stereocenters. The monoisotopic (exact) mass is 496 g/mol. The zero-order chi connectivity index (χ0) is 25.9. The normalized spacial score (nSPS) is 11.4. The third kappa shape index (κ3) is 13.7. The van der Waals surface area contributed by atoms with Crippen LogP contribution in [-0.2, 0) is 22.5 Å². The molecular weight excluding hydrogens is 446 g/mol. The molecule has 0 aliphatic rings. The van der Waals surface area contributed by atoms with Gasteiger partial charge in [-0.2, -0.15) is 0 Å². The fraction of sp³-hybridized carbons (Fsp3) is 0.594. The van der Waals surface area contributed by atoms with Gasteiger partial charge in [-0.15, -0.1) is 0 Å². The molecule has 0 aliphatic heterocycles. The minimum absolute atomic E-state index is 0.0873. The molecule has 0 spiro atoms. The van der Waals surface area contributed by atoms with Gasteiger partial charge in [0.2, 0.25) is 0 Å². The number of aryl methyl sites for hydroxylation is 1. The predicted octanol–water partition coefficient (Wildman–Crippen LogP) is 7.74. The number of nitrogens with zero attached hydrogens (tertiary/aromatic N) is 1. The van der Waals surface area contributed by atoms with Crippen LogP contribution in [0.15, 0.2) is 54.6 Å². The number of ether oxygens (including phenoxy) is 2. The van der Waals surface area contributed by atoms with Crippen molar-refractivity contribution >= 4 is 5.97 Å². The van der Waals surface area contributed by atoms with E-state index >= 15 is 0 Å². The molecule has 200 valence electrons. The molecule has 0 aliphatic carbocycles. The van der Waals surface area contributed by atoms with E-state index in [-0.39, 0.29) is 5.97 Å². The van der Waals surface area contributed by atoms with E-state index in [4.69, 9.17) is 9.47 Å². The summed E-state index contributed by atoms with van der Waals surface area (Å²) in [6.45, 7) is 5.33. The maximum absolute atomic E-state index is 12.1. The number of hydrogen-bond donors (Lipinski definition) is 0. The highest BCUT2D eigenvalue weighted by Crippen LogP contribution is 2.21. The van der Waals surface area contributed by atoms with Crippen LogP contribution >= 0.6 is 0 Å². The second-order valence-corrected chi connectivity index (χ2v) is 10.7. The fourth-order valence-electron chi connectivity index (χ4n) is 4.58. The van der Waals surface area contributed by atoms with Crippen molar-refractivity contribution in [2.45, 2.75) is 90.5 Å². The summed E-state index contributed by atoms with van der Waals surface area (Å²) < 4.78 is 12.4. The topological polar surface area (TPSA) is 35.5 Å². The first-order valence-corrected chi connectivity index (χ1v) is 14.2. The van der Waals surface area contributed by atoms with Crippen LogP contribution in [0.1, 0.15) is 88.7 Å². The molecule has 0 heterocycles. The highest BCUT2D eigenvalue weighted by Gasteiger charge is 2.16. The molecule has 0 radical (unpaired) electrons. The lowest BCUT2D eigenvalue weighted by Gasteiger charge is -2.29. The van der Waals surface area contributed by atoms with E-state index in [0.29, 0.717) is 19.6 Å². The summed E-state index contributed by atoms with van der Waals surface area (Å²) in [6, 6.07) is 18.9. The van der Waals surface area contributed by atoms with Gasteiger partial charge < -0.3 is 14.0 Å². The van der Waals surface area contributed by atoms with Gasteiger partial charge in [0.15, 0.2) is 0 Å². The second-order valence-electron chi connectivity index (χ2n) is 10.7. The number of carbonyl (C=O) groups excluding carboxylic acids is 1. The van der Waals surface area contributed by atoms with Crippen LogP contribution in [0, 0.1) is 0 Å². The van der Waals surface area contributed by atoms with Crippen molar-refractivity contribution in [2.75, 3.05) is 33.9 Å². The molecule has 4 nitrogen and oxygen atoms in total. The third-order valence-corrected chi connectivity index (χ3v) is 6.68. The predicted molar refractivity (Wildman–Crippen MR) is 150 cm³/mol. The Balaban J connectivity index is 1.52. The van der Waals surface area contributed by atoms with Crippen LogP contribution in [0.5, 0.6) is 5.75 Å². The molecule has 0 N–H and O–H groups in total. The van der Waals surface area contributed by atoms with Crippen LogP contribution in [0.2, 0.25) is 0 Å². The SMILES string of the molecule is CCCCCCCCCc1ccccc1OCCCCOC(=O)CCC[N+](C)(C)Cc1ccccc1. The van der Waals surface area contributed by atoms with Crippen LogP contribution in [0.3, 0.4) is 0 Å². The highest BCUT2D eigenvalue weighted by atomic mass is 16.5. The van der Waals surface area contributed by atoms with Gasteiger partial charge in [-0.25, -0.2) is 0 Å². The summed E-state index contributed by atoms with van der Waals surface area (Å²) in [5, 5.41) is 0. The fourth-order valence-corrected chi connectivity index (χ4v) is 4.58. The Labute approximate surface area is 220 Å². The number of carbonyl (C=O) groups is 1. The van der Waals surface area contributed by atoms with Crippen molar-refractivity contribution in [2.24, 2.45) is 0 Å². The first-order valence-electron chi connectivity index (χ1n) is 14.2. The van der Waals surface area contributed by atoms with Crippen LogP contribution in [-0.4, -0.2) is 44.3 Å². The van der Waals surface area contributed by atoms with E-state index < -0.39 is 0 Å². The van der Waals surface area contributed by atoms with E-state index in [1.165, 1.54) is 56.1 Å². The molecule has 2 rings (SSSR count). The smallest absolute Gasteiger partial charge is 0.306 e. The molecule has 36 heavy (non-hydrogen) atoms. The van der Waals surface area contributed by atoms with Crippen molar-refractivity contribution in [3.8, 4) is 5.75 Å². The van der Waals surface area contributed by atoms with Gasteiger partial charge >= 0.3 is 5.97 Å². The highest BCUT2D eigenvalue weighted by molar-refractivity contribution is 5.69. The zero-order valence-corrected chi connectivity index (χ0v) is 23.2. The van der Waals surface area contributed by atoms with Crippen LogP contribution < -0.4 is 4.74 Å². The molecule has 0 saturated heterocycles. The average molecular weight is 497 g/mol. The number of quaternary nitrogens is 1. The Morgan fingerprint density at radius 2 is 1.42 bits per heavy atom. The Hall–Kier alpha value is -2.33. The summed E-state index contributed by atoms with van der Waals surface area (Å²) in [4.78, 5) is 12.1. The van der Waals surface area contributed by atoms with Gasteiger partial charge in [0, 0.05) is 12.0 Å². The van der Waals surface area contributed by atoms with Crippen molar-refractivity contribution in [1.29, 1.82) is 0 Å². The molecule has 0 atom stereocenters. The molecular formula is C32H50NO3+. The molecule has 2 aromatic rings. The molecule has 0 amide bonds. The van der Waals surface area contributed by atoms with Crippen molar-refractivity contribution in [1.82, 2.24) is 0 Å². The summed E-state index contributed by atoms with van der Waals surface area (Å²) in [7, 11) is 4.43. The number of para-hydroxylation sites is 1. The maximum atomic E-state index is 12.1. The molecule has 4 heteroatoms. The molecule has 0 saturated carbocycles. The lowest BCUT2D eigenvalue weighted by Crippen LogP contribution is -2.39. The van der Waals surface area contributed by atoms with Crippen molar-refractivity contribution in [3.63, 3.8) is 0 Å². The van der Waals surface area contributed by atoms with Crippen LogP contribution in [0.25, 0.3) is 0 Å². The van der Waals surface area contributed by atoms with E-state index in [1.807, 2.05) is 12.1 Å². The number of hydrogen-bond acceptors (Lipinski definition) is 3. The van der Waals surface area contributed by atoms with Gasteiger partial charge in [-0.05, 0) is 37.3 Å². The van der Waals surface area contributed by atoms with E-state index in [1.54, 1.807) is 0 Å². The van der Waals surface area contributed by atoms with Crippen molar-refractivity contribution < 1.29 is 18.8 Å². The van der Waals surface area contributed by atoms with Gasteiger partial charge in [-0.3, -0.25) is 4.79 Å². The lowest BCUT2D eigenvalue weighted by atomic mass is 10.0. The van der Waals surface area contributed by atoms with Gasteiger partial charge in [0.05, 0.1) is 40.3 Å². The summed E-state index contributed by atoms with van der Waals surface area (Å²) in [5.41, 5.74) is 2.64. The number of unbranched alkanes of at least 4 members (excludes halogenated alkanes) is 7. The van der Waals surface area contributed by atoms with E-state index in [0.717, 1.165) is 49.0 Å². The quantitative estimate of drug-likeness (QED) is 0.107. The Kier molecular flexibility index (Phi) is 14.9. The minimum Gasteiger partial charge on any atom is -0.493 e. The maximum Gasteiger partial charge on any atom is 0.306 e. The largest absolute Gasteiger partial charge is 0.493 e. The van der Waals surface area contributed by atoms with E-state index in [9.17, 15) is 4.79 Å². The molecule has 0 bridgehead atoms. The lowest BCUT2D eigenvalue weighted by molar-refractivity contribution is -0.903. The average Bonchev–Trinajstić information content (AvgIpc) is 2.86. The van der Waals surface area contributed by atoms with E-state index in [2.05, 4.69) is 63.5 Å². The molecule has 2 aromatic carbocycles. The Morgan fingerprint density at radius 3 is 2.19 bits per heavy atom. The molecule has 0 fully saturated rings. The van der Waals surface area contributed by atoms with Crippen molar-refractivity contribution in [3.05, 3.63) is 65.7 Å². The number of esters is 1. The summed E-state index contributed by atoms with van der Waals surface area (Å²) in [5.74, 6) is 0.924.